The van der Waals surface area contributed by atoms with Crippen molar-refractivity contribution in [2.24, 2.45) is 5.73 Å². The van der Waals surface area contributed by atoms with E-state index in [1.54, 1.807) is 7.11 Å². The van der Waals surface area contributed by atoms with Crippen LogP contribution < -0.4 is 10.5 Å². The zero-order valence-electron chi connectivity index (χ0n) is 11.4. The molecule has 0 amide bonds. The van der Waals surface area contributed by atoms with Gasteiger partial charge in [0.15, 0.2) is 0 Å². The van der Waals surface area contributed by atoms with Gasteiger partial charge < -0.3 is 10.5 Å². The van der Waals surface area contributed by atoms with Crippen LogP contribution in [-0.4, -0.2) is 7.11 Å². The van der Waals surface area contributed by atoms with Crippen LogP contribution >= 0.6 is 11.3 Å². The van der Waals surface area contributed by atoms with Crippen LogP contribution in [0.15, 0.2) is 24.3 Å². The number of methoxy groups -OCH3 is 1. The number of hydrogen-bond donors (Lipinski definition) is 1. The Hall–Kier alpha value is -1.32. The van der Waals surface area contributed by atoms with Gasteiger partial charge in [0.25, 0.3) is 0 Å². The molecule has 0 fully saturated rings. The lowest BCUT2D eigenvalue weighted by Crippen LogP contribution is -2.11. The molecule has 1 unspecified atom stereocenters. The van der Waals surface area contributed by atoms with E-state index in [0.29, 0.717) is 0 Å². The van der Waals surface area contributed by atoms with Crippen LogP contribution in [0.5, 0.6) is 5.75 Å². The maximum atomic E-state index is 6.44. The minimum atomic E-state index is -0.0125. The summed E-state index contributed by atoms with van der Waals surface area (Å²) in [5, 5.41) is 0. The summed E-state index contributed by atoms with van der Waals surface area (Å²) in [7, 11) is 1.69. The number of ether oxygens (including phenoxy) is 1. The molecule has 100 valence electrons. The third-order valence-electron chi connectivity index (χ3n) is 3.88. The highest BCUT2D eigenvalue weighted by Crippen LogP contribution is 2.36. The van der Waals surface area contributed by atoms with E-state index in [1.807, 2.05) is 17.4 Å². The van der Waals surface area contributed by atoms with Gasteiger partial charge in [-0.15, -0.1) is 11.3 Å². The first-order valence-electron chi connectivity index (χ1n) is 6.70. The van der Waals surface area contributed by atoms with Crippen molar-refractivity contribution in [2.75, 3.05) is 7.11 Å². The molecule has 0 saturated carbocycles. The molecule has 0 saturated heterocycles. The Morgan fingerprint density at radius 1 is 1.26 bits per heavy atom. The van der Waals surface area contributed by atoms with Gasteiger partial charge in [-0.25, -0.2) is 0 Å². The second kappa shape index (κ2) is 4.99. The predicted octanol–water partition coefficient (Wildman–Crippen LogP) is 3.60. The molecule has 1 aliphatic carbocycles. The molecule has 2 N–H and O–H groups in total. The average molecular weight is 273 g/mol. The zero-order chi connectivity index (χ0) is 13.4. The second-order valence-corrected chi connectivity index (χ2v) is 6.32. The van der Waals surface area contributed by atoms with Crippen LogP contribution in [0.2, 0.25) is 0 Å². The highest BCUT2D eigenvalue weighted by molar-refractivity contribution is 7.12. The number of rotatable bonds is 3. The number of thiophene rings is 1. The molecular weight excluding hydrogens is 254 g/mol. The largest absolute Gasteiger partial charge is 0.497 e. The van der Waals surface area contributed by atoms with Gasteiger partial charge in [0.1, 0.15) is 5.75 Å². The third kappa shape index (κ3) is 2.28. The Balaban J connectivity index is 1.92. The minimum absolute atomic E-state index is 0.0125. The smallest absolute Gasteiger partial charge is 0.119 e. The van der Waals surface area contributed by atoms with E-state index in [2.05, 4.69) is 25.1 Å². The number of aryl methyl sites for hydroxylation is 3. The summed E-state index contributed by atoms with van der Waals surface area (Å²) >= 11 is 1.89. The molecule has 1 aromatic carbocycles. The minimum Gasteiger partial charge on any atom is -0.497 e. The van der Waals surface area contributed by atoms with Crippen LogP contribution in [0, 0.1) is 6.92 Å². The topological polar surface area (TPSA) is 35.2 Å². The van der Waals surface area contributed by atoms with Gasteiger partial charge in [-0.2, -0.15) is 0 Å². The highest BCUT2D eigenvalue weighted by atomic mass is 32.1. The standard InChI is InChI=1S/C16H19NOS/c1-10-8-12(18-2)6-7-13(10)16(17)15-9-11-4-3-5-14(11)19-15/h6-9,16H,3-5,17H2,1-2H3. The first-order valence-corrected chi connectivity index (χ1v) is 7.52. The Bertz CT molecular complexity index is 581. The van der Waals surface area contributed by atoms with Gasteiger partial charge in [-0.05, 0) is 61.1 Å². The SMILES string of the molecule is COc1ccc(C(N)c2cc3c(s2)CCC3)c(C)c1. The van der Waals surface area contributed by atoms with Crippen molar-refractivity contribution >= 4 is 11.3 Å². The maximum Gasteiger partial charge on any atom is 0.119 e. The molecule has 1 heterocycles. The lowest BCUT2D eigenvalue weighted by Gasteiger charge is -2.14. The molecule has 0 aliphatic heterocycles. The van der Waals surface area contributed by atoms with Crippen LogP contribution in [0.25, 0.3) is 0 Å². The number of benzene rings is 1. The fourth-order valence-electron chi connectivity index (χ4n) is 2.78. The van der Waals surface area contributed by atoms with Gasteiger partial charge in [0, 0.05) is 9.75 Å². The third-order valence-corrected chi connectivity index (χ3v) is 5.20. The van der Waals surface area contributed by atoms with Crippen LogP contribution in [0.3, 0.4) is 0 Å². The lowest BCUT2D eigenvalue weighted by atomic mass is 10.00. The molecule has 1 aliphatic rings. The Labute approximate surface area is 118 Å². The zero-order valence-corrected chi connectivity index (χ0v) is 12.2. The molecule has 19 heavy (non-hydrogen) atoms. The van der Waals surface area contributed by atoms with E-state index in [0.717, 1.165) is 5.75 Å². The van der Waals surface area contributed by atoms with Crippen LogP contribution in [0.4, 0.5) is 0 Å². The van der Waals surface area contributed by atoms with E-state index in [9.17, 15) is 0 Å². The molecule has 2 aromatic rings. The summed E-state index contributed by atoms with van der Waals surface area (Å²) in [4.78, 5) is 2.83. The van der Waals surface area contributed by atoms with Crippen LogP contribution in [0.1, 0.15) is 38.9 Å². The summed E-state index contributed by atoms with van der Waals surface area (Å²) in [6, 6.07) is 8.42. The Morgan fingerprint density at radius 3 is 2.79 bits per heavy atom. The number of hydrogen-bond acceptors (Lipinski definition) is 3. The average Bonchev–Trinajstić information content (AvgIpc) is 2.98. The van der Waals surface area contributed by atoms with E-state index in [-0.39, 0.29) is 6.04 Å². The first kappa shape index (κ1) is 12.7. The van der Waals surface area contributed by atoms with Crippen molar-refractivity contribution in [3.8, 4) is 5.75 Å². The van der Waals surface area contributed by atoms with E-state index in [4.69, 9.17) is 10.5 Å². The fraction of sp³-hybridized carbons (Fsp3) is 0.375. The molecule has 3 heteroatoms. The number of nitrogens with two attached hydrogens (primary N) is 1. The molecule has 0 radical (unpaired) electrons. The predicted molar refractivity (Wildman–Crippen MR) is 80.1 cm³/mol. The van der Waals surface area contributed by atoms with Crippen molar-refractivity contribution in [1.29, 1.82) is 0 Å². The molecule has 0 spiro atoms. The van der Waals surface area contributed by atoms with Crippen molar-refractivity contribution in [1.82, 2.24) is 0 Å². The van der Waals surface area contributed by atoms with E-state index < -0.39 is 0 Å². The summed E-state index contributed by atoms with van der Waals surface area (Å²) in [5.41, 5.74) is 10.3. The van der Waals surface area contributed by atoms with Crippen molar-refractivity contribution < 1.29 is 4.74 Å². The molecule has 3 rings (SSSR count). The molecule has 1 atom stereocenters. The van der Waals surface area contributed by atoms with Crippen molar-refractivity contribution in [3.05, 3.63) is 50.7 Å². The summed E-state index contributed by atoms with van der Waals surface area (Å²) in [5.74, 6) is 0.891. The van der Waals surface area contributed by atoms with Gasteiger partial charge in [-0.1, -0.05) is 6.07 Å². The number of fused-ring (bicyclic) bond motifs is 1. The summed E-state index contributed by atoms with van der Waals surface area (Å²) < 4.78 is 5.25. The quantitative estimate of drug-likeness (QED) is 0.927. The van der Waals surface area contributed by atoms with Crippen molar-refractivity contribution in [3.63, 3.8) is 0 Å². The molecule has 2 nitrogen and oxygen atoms in total. The van der Waals surface area contributed by atoms with Gasteiger partial charge in [0.05, 0.1) is 13.2 Å². The normalized spacial score (nSPS) is 15.3. The molecule has 0 bridgehead atoms. The monoisotopic (exact) mass is 273 g/mol. The fourth-order valence-corrected chi connectivity index (χ4v) is 4.06. The molecule has 1 aromatic heterocycles. The van der Waals surface area contributed by atoms with Gasteiger partial charge in [-0.3, -0.25) is 0 Å². The maximum absolute atomic E-state index is 6.44. The van der Waals surface area contributed by atoms with E-state index in [1.165, 1.54) is 45.7 Å². The summed E-state index contributed by atoms with van der Waals surface area (Å²) in [6.07, 6.45) is 3.76. The first-order chi connectivity index (χ1) is 9.19. The van der Waals surface area contributed by atoms with Crippen molar-refractivity contribution in [2.45, 2.75) is 32.2 Å². The molecular formula is C16H19NOS. The van der Waals surface area contributed by atoms with E-state index >= 15 is 0 Å². The Kier molecular flexibility index (Phi) is 3.33. The summed E-state index contributed by atoms with van der Waals surface area (Å²) in [6.45, 7) is 2.10. The highest BCUT2D eigenvalue weighted by Gasteiger charge is 2.20. The van der Waals surface area contributed by atoms with Gasteiger partial charge in [0.2, 0.25) is 0 Å². The lowest BCUT2D eigenvalue weighted by molar-refractivity contribution is 0.414. The van der Waals surface area contributed by atoms with Gasteiger partial charge >= 0.3 is 0 Å². The second-order valence-electron chi connectivity index (χ2n) is 5.15. The van der Waals surface area contributed by atoms with Crippen LogP contribution in [-0.2, 0) is 12.8 Å². The Morgan fingerprint density at radius 2 is 2.11 bits per heavy atom.